The molecule has 0 bridgehead atoms. The minimum atomic E-state index is -0.112. The topological polar surface area (TPSA) is 55.2 Å². The third kappa shape index (κ3) is 2.63. The first-order valence-corrected chi connectivity index (χ1v) is 7.84. The Balaban J connectivity index is 1.91. The largest absolute Gasteiger partial charge is 0.336 e. The van der Waals surface area contributed by atoms with Crippen LogP contribution in [0, 0.1) is 0 Å². The van der Waals surface area contributed by atoms with Crippen molar-refractivity contribution in [2.45, 2.75) is 51.7 Å². The lowest BCUT2D eigenvalue weighted by Gasteiger charge is -2.39. The number of fused-ring (bicyclic) bond motifs is 1. The number of aromatic nitrogens is 2. The van der Waals surface area contributed by atoms with Crippen molar-refractivity contribution in [3.05, 3.63) is 40.7 Å². The molecule has 0 aliphatic carbocycles. The molecule has 1 aromatic carbocycles. The molecular weight excluding hydrogens is 278 g/mol. The van der Waals surface area contributed by atoms with Gasteiger partial charge < -0.3 is 4.90 Å². The molecule has 0 N–H and O–H groups in total. The molecule has 0 unspecified atom stereocenters. The summed E-state index contributed by atoms with van der Waals surface area (Å²) in [6, 6.07) is 7.82. The minimum absolute atomic E-state index is 0.0704. The zero-order valence-corrected chi connectivity index (χ0v) is 13.0. The zero-order valence-electron chi connectivity index (χ0n) is 13.0. The van der Waals surface area contributed by atoms with E-state index in [0.29, 0.717) is 10.9 Å². The molecule has 116 valence electrons. The number of piperidine rings is 1. The van der Waals surface area contributed by atoms with Crippen LogP contribution in [0.25, 0.3) is 10.9 Å². The number of benzene rings is 1. The Morgan fingerprint density at radius 3 is 2.64 bits per heavy atom. The summed E-state index contributed by atoms with van der Waals surface area (Å²) in [5.74, 6) is 0.0704. The molecule has 3 rings (SSSR count). The Bertz CT molecular complexity index is 743. The SMILES string of the molecule is C[C@H]1CCC[C@H](C)N1C(=O)Cn1ncc(=O)c2ccccc21. The van der Waals surface area contributed by atoms with Crippen LogP contribution in [0.1, 0.15) is 33.1 Å². The highest BCUT2D eigenvalue weighted by molar-refractivity contribution is 5.81. The molecule has 22 heavy (non-hydrogen) atoms. The summed E-state index contributed by atoms with van der Waals surface area (Å²) < 4.78 is 1.63. The smallest absolute Gasteiger partial charge is 0.244 e. The maximum absolute atomic E-state index is 12.7. The van der Waals surface area contributed by atoms with Crippen molar-refractivity contribution >= 4 is 16.8 Å². The lowest BCUT2D eigenvalue weighted by Crippen LogP contribution is -2.48. The number of likely N-dealkylation sites (tertiary alicyclic amines) is 1. The van der Waals surface area contributed by atoms with Crippen molar-refractivity contribution in [2.24, 2.45) is 0 Å². The summed E-state index contributed by atoms with van der Waals surface area (Å²) in [5.41, 5.74) is 0.597. The van der Waals surface area contributed by atoms with Gasteiger partial charge in [0, 0.05) is 17.5 Å². The van der Waals surface area contributed by atoms with Gasteiger partial charge in [-0.15, -0.1) is 0 Å². The zero-order chi connectivity index (χ0) is 15.7. The van der Waals surface area contributed by atoms with Crippen LogP contribution < -0.4 is 5.43 Å². The van der Waals surface area contributed by atoms with Crippen molar-refractivity contribution in [1.29, 1.82) is 0 Å². The highest BCUT2D eigenvalue weighted by atomic mass is 16.2. The fourth-order valence-corrected chi connectivity index (χ4v) is 3.41. The second kappa shape index (κ2) is 5.91. The van der Waals surface area contributed by atoms with Crippen LogP contribution in [-0.4, -0.2) is 32.7 Å². The van der Waals surface area contributed by atoms with E-state index in [1.165, 1.54) is 12.6 Å². The van der Waals surface area contributed by atoms with Crippen LogP contribution in [0.4, 0.5) is 0 Å². The molecule has 1 fully saturated rings. The first-order chi connectivity index (χ1) is 10.6. The van der Waals surface area contributed by atoms with Crippen LogP contribution in [0.5, 0.6) is 0 Å². The van der Waals surface area contributed by atoms with E-state index in [2.05, 4.69) is 18.9 Å². The predicted octanol–water partition coefficient (Wildman–Crippen LogP) is 2.19. The van der Waals surface area contributed by atoms with Crippen molar-refractivity contribution in [3.63, 3.8) is 0 Å². The lowest BCUT2D eigenvalue weighted by molar-refractivity contribution is -0.138. The Morgan fingerprint density at radius 1 is 1.23 bits per heavy atom. The first-order valence-electron chi connectivity index (χ1n) is 7.84. The molecular formula is C17H21N3O2. The standard InChI is InChI=1S/C17H21N3O2/c1-12-6-5-7-13(2)20(12)17(22)11-19-15-9-4-3-8-14(15)16(21)10-18-19/h3-4,8-10,12-13H,5-7,11H2,1-2H3/t12-,13-/m0/s1. The van der Waals surface area contributed by atoms with Crippen LogP contribution in [0.3, 0.4) is 0 Å². The molecule has 1 amide bonds. The van der Waals surface area contributed by atoms with E-state index in [-0.39, 0.29) is 30.0 Å². The number of hydrogen-bond donors (Lipinski definition) is 0. The number of carbonyl (C=O) groups is 1. The third-order valence-electron chi connectivity index (χ3n) is 4.53. The van der Waals surface area contributed by atoms with E-state index < -0.39 is 0 Å². The second-order valence-corrected chi connectivity index (χ2v) is 6.11. The summed E-state index contributed by atoms with van der Waals surface area (Å²) in [7, 11) is 0. The van der Waals surface area contributed by atoms with E-state index in [1.807, 2.05) is 23.1 Å². The Kier molecular flexibility index (Phi) is 3.96. The summed E-state index contributed by atoms with van der Waals surface area (Å²) in [5, 5.41) is 4.75. The molecule has 2 aromatic rings. The van der Waals surface area contributed by atoms with Gasteiger partial charge in [0.1, 0.15) is 6.54 Å². The van der Waals surface area contributed by atoms with Gasteiger partial charge in [0.15, 0.2) is 0 Å². The quantitative estimate of drug-likeness (QED) is 0.854. The van der Waals surface area contributed by atoms with Gasteiger partial charge >= 0.3 is 0 Å². The number of carbonyl (C=O) groups excluding carboxylic acids is 1. The summed E-state index contributed by atoms with van der Waals surface area (Å²) in [6.07, 6.45) is 4.56. The van der Waals surface area contributed by atoms with Gasteiger partial charge in [-0.25, -0.2) is 0 Å². The molecule has 5 nitrogen and oxygen atoms in total. The van der Waals surface area contributed by atoms with E-state index in [1.54, 1.807) is 10.7 Å². The van der Waals surface area contributed by atoms with E-state index in [4.69, 9.17) is 0 Å². The van der Waals surface area contributed by atoms with Crippen molar-refractivity contribution in [2.75, 3.05) is 0 Å². The number of amides is 1. The van der Waals surface area contributed by atoms with Crippen molar-refractivity contribution < 1.29 is 4.79 Å². The fraction of sp³-hybridized carbons (Fsp3) is 0.471. The molecule has 0 radical (unpaired) electrons. The molecule has 5 heteroatoms. The average Bonchev–Trinajstić information content (AvgIpc) is 2.50. The monoisotopic (exact) mass is 299 g/mol. The Labute approximate surface area is 129 Å². The third-order valence-corrected chi connectivity index (χ3v) is 4.53. The number of hydrogen-bond acceptors (Lipinski definition) is 3. The maximum atomic E-state index is 12.7. The average molecular weight is 299 g/mol. The molecule has 2 atom stereocenters. The summed E-state index contributed by atoms with van der Waals surface area (Å²) in [4.78, 5) is 26.5. The first kappa shape index (κ1) is 14.8. The molecule has 0 saturated carbocycles. The van der Waals surface area contributed by atoms with E-state index in [0.717, 1.165) is 12.8 Å². The predicted molar refractivity (Wildman–Crippen MR) is 85.6 cm³/mol. The van der Waals surface area contributed by atoms with Gasteiger partial charge in [0.2, 0.25) is 11.3 Å². The van der Waals surface area contributed by atoms with Gasteiger partial charge in [-0.3, -0.25) is 14.3 Å². The van der Waals surface area contributed by atoms with Crippen LogP contribution in [-0.2, 0) is 11.3 Å². The van der Waals surface area contributed by atoms with Gasteiger partial charge in [-0.05, 0) is 45.2 Å². The number of para-hydroxylation sites is 1. The van der Waals surface area contributed by atoms with Gasteiger partial charge in [-0.2, -0.15) is 5.10 Å². The normalized spacial score (nSPS) is 22.0. The number of rotatable bonds is 2. The Morgan fingerprint density at radius 2 is 1.91 bits per heavy atom. The molecule has 1 aliphatic rings. The van der Waals surface area contributed by atoms with Gasteiger partial charge in [0.25, 0.3) is 0 Å². The molecule has 1 aliphatic heterocycles. The second-order valence-electron chi connectivity index (χ2n) is 6.11. The Hall–Kier alpha value is -2.17. The van der Waals surface area contributed by atoms with E-state index in [9.17, 15) is 9.59 Å². The van der Waals surface area contributed by atoms with Crippen LogP contribution in [0.15, 0.2) is 35.3 Å². The summed E-state index contributed by atoms with van der Waals surface area (Å²) >= 11 is 0. The van der Waals surface area contributed by atoms with Gasteiger partial charge in [0.05, 0.1) is 11.7 Å². The molecule has 2 heterocycles. The summed E-state index contributed by atoms with van der Waals surface area (Å²) in [6.45, 7) is 4.38. The molecule has 1 saturated heterocycles. The fourth-order valence-electron chi connectivity index (χ4n) is 3.41. The van der Waals surface area contributed by atoms with Crippen molar-refractivity contribution in [3.8, 4) is 0 Å². The van der Waals surface area contributed by atoms with Crippen LogP contribution in [0.2, 0.25) is 0 Å². The van der Waals surface area contributed by atoms with Gasteiger partial charge in [-0.1, -0.05) is 12.1 Å². The van der Waals surface area contributed by atoms with E-state index >= 15 is 0 Å². The highest BCUT2D eigenvalue weighted by Crippen LogP contribution is 2.23. The van der Waals surface area contributed by atoms with Crippen molar-refractivity contribution in [1.82, 2.24) is 14.7 Å². The minimum Gasteiger partial charge on any atom is -0.336 e. The highest BCUT2D eigenvalue weighted by Gasteiger charge is 2.29. The number of nitrogens with zero attached hydrogens (tertiary/aromatic N) is 3. The molecule has 0 spiro atoms. The molecule has 1 aromatic heterocycles. The maximum Gasteiger partial charge on any atom is 0.244 e. The van der Waals surface area contributed by atoms with Crippen LogP contribution >= 0.6 is 0 Å². The lowest BCUT2D eigenvalue weighted by atomic mass is 9.97.